The number of amides is 4. The van der Waals surface area contributed by atoms with Crippen molar-refractivity contribution in [2.75, 3.05) is 45.9 Å². The molecule has 2 aromatic heterocycles. The highest BCUT2D eigenvalue weighted by Gasteiger charge is 2.39. The van der Waals surface area contributed by atoms with Crippen molar-refractivity contribution in [1.82, 2.24) is 39.7 Å². The van der Waals surface area contributed by atoms with Gasteiger partial charge in [-0.3, -0.25) is 39.0 Å². The Morgan fingerprint density at radius 2 is 1.62 bits per heavy atom. The maximum Gasteiger partial charge on any atom is 0.355 e. The molecule has 366 valence electrons. The van der Waals surface area contributed by atoms with Gasteiger partial charge in [0.2, 0.25) is 17.7 Å². The summed E-state index contributed by atoms with van der Waals surface area (Å²) in [5.41, 5.74) is 9.12. The van der Waals surface area contributed by atoms with Crippen molar-refractivity contribution in [3.63, 3.8) is 0 Å². The van der Waals surface area contributed by atoms with Crippen LogP contribution in [0.1, 0.15) is 100 Å². The normalized spacial score (nSPS) is 16.9. The average Bonchev–Trinajstić information content (AvgIpc) is 3.88. The van der Waals surface area contributed by atoms with Gasteiger partial charge >= 0.3 is 5.97 Å². The summed E-state index contributed by atoms with van der Waals surface area (Å²) in [5, 5.41) is 12.3. The summed E-state index contributed by atoms with van der Waals surface area (Å²) in [4.78, 5) is 71.2. The third-order valence-corrected chi connectivity index (χ3v) is 14.3. The molecule has 0 spiro atoms. The van der Waals surface area contributed by atoms with E-state index in [1.54, 1.807) is 6.07 Å². The number of hydrogen-bond acceptors (Lipinski definition) is 10. The number of hydrogen-bond donors (Lipinski definition) is 2. The maximum atomic E-state index is 14.6. The van der Waals surface area contributed by atoms with Crippen molar-refractivity contribution >= 4 is 63.7 Å². The zero-order valence-electron chi connectivity index (χ0n) is 40.8. The molecule has 2 N–H and O–H groups in total. The molecule has 0 bridgehead atoms. The summed E-state index contributed by atoms with van der Waals surface area (Å²) >= 11 is 13.6. The summed E-state index contributed by atoms with van der Waals surface area (Å²) < 4.78 is 16.4. The van der Waals surface area contributed by atoms with Crippen LogP contribution in [-0.4, -0.2) is 116 Å². The van der Waals surface area contributed by atoms with E-state index >= 15 is 0 Å². The van der Waals surface area contributed by atoms with E-state index in [4.69, 9.17) is 37.8 Å². The van der Waals surface area contributed by atoms with Gasteiger partial charge in [-0.25, -0.2) is 4.79 Å². The van der Waals surface area contributed by atoms with E-state index in [0.717, 1.165) is 85.1 Å². The van der Waals surface area contributed by atoms with Crippen LogP contribution >= 0.6 is 23.2 Å². The fraction of sp³-hybridized carbons (Fsp3) is 0.462. The zero-order valence-corrected chi connectivity index (χ0v) is 42.3. The number of ether oxygens (including phenoxy) is 2. The highest BCUT2D eigenvalue weighted by Crippen LogP contribution is 2.42. The van der Waals surface area contributed by atoms with E-state index < -0.39 is 23.5 Å². The number of imide groups is 1. The number of rotatable bonds is 15. The van der Waals surface area contributed by atoms with Gasteiger partial charge in [0.25, 0.3) is 5.91 Å². The quantitative estimate of drug-likeness (QED) is 0.0622. The van der Waals surface area contributed by atoms with Crippen LogP contribution in [-0.2, 0) is 52.2 Å². The number of esters is 1. The molecule has 1 unspecified atom stereocenters. The molecule has 69 heavy (non-hydrogen) atoms. The van der Waals surface area contributed by atoms with Crippen molar-refractivity contribution in [2.24, 2.45) is 7.05 Å². The van der Waals surface area contributed by atoms with Crippen LogP contribution in [0.15, 0.2) is 42.5 Å². The predicted octanol–water partition coefficient (Wildman–Crippen LogP) is 7.24. The Balaban J connectivity index is 0.962. The Bertz CT molecular complexity index is 2830. The lowest BCUT2D eigenvalue weighted by Gasteiger charge is -2.34. The number of benzene rings is 3. The first kappa shape index (κ1) is 49.7. The molecule has 3 aliphatic heterocycles. The van der Waals surface area contributed by atoms with Crippen LogP contribution in [0.2, 0.25) is 10.0 Å². The van der Waals surface area contributed by atoms with Gasteiger partial charge in [-0.2, -0.15) is 5.10 Å². The number of carbonyl (C=O) groups is 5. The lowest BCUT2D eigenvalue weighted by molar-refractivity contribution is -0.137. The number of piperidine rings is 1. The van der Waals surface area contributed by atoms with Gasteiger partial charge in [0.05, 0.1) is 29.4 Å². The monoisotopic (exact) mass is 980 g/mol. The van der Waals surface area contributed by atoms with E-state index in [-0.39, 0.29) is 37.2 Å². The Morgan fingerprint density at radius 1 is 0.913 bits per heavy atom. The first-order chi connectivity index (χ1) is 32.8. The lowest BCUT2D eigenvalue weighted by atomic mass is 9.98. The molecule has 0 saturated carbocycles. The first-order valence-corrected chi connectivity index (χ1v) is 24.5. The number of aryl methyl sites for hydroxylation is 5. The van der Waals surface area contributed by atoms with Gasteiger partial charge in [0.15, 0.2) is 0 Å². The molecule has 17 heteroatoms. The SMILES string of the molecule is Cc1cc(OCCCc2c(C(=O)OC(C)(C)C)n(CCN3CCN(CC(=O)NCc4ccc5c(c4)CN(C4CCC(=O)NC4=O)C5=O)CC3)c3c(-c4c(C)nn(C)c4C)c(Cl)ccc23)cc(C)c1Cl. The molecule has 3 aliphatic rings. The average molecular weight is 982 g/mol. The summed E-state index contributed by atoms with van der Waals surface area (Å²) in [7, 11) is 1.92. The molecule has 2 fully saturated rings. The van der Waals surface area contributed by atoms with Gasteiger partial charge < -0.3 is 24.3 Å². The Kier molecular flexibility index (Phi) is 14.6. The molecule has 3 aromatic carbocycles. The van der Waals surface area contributed by atoms with E-state index in [1.807, 2.05) is 96.6 Å². The van der Waals surface area contributed by atoms with Gasteiger partial charge in [0, 0.05) is 98.6 Å². The minimum absolute atomic E-state index is 0.104. The molecule has 0 radical (unpaired) electrons. The minimum atomic E-state index is -0.744. The Labute approximate surface area is 413 Å². The summed E-state index contributed by atoms with van der Waals surface area (Å²) in [6, 6.07) is 12.6. The third-order valence-electron chi connectivity index (χ3n) is 13.4. The second kappa shape index (κ2) is 20.3. The minimum Gasteiger partial charge on any atom is -0.494 e. The first-order valence-electron chi connectivity index (χ1n) is 23.7. The molecule has 1 atom stereocenters. The largest absolute Gasteiger partial charge is 0.494 e. The van der Waals surface area contributed by atoms with Gasteiger partial charge in [-0.15, -0.1) is 0 Å². The molecular formula is C52H62Cl2N8O7. The fourth-order valence-corrected chi connectivity index (χ4v) is 10.3. The molecular weight excluding hydrogens is 920 g/mol. The number of fused-ring (bicyclic) bond motifs is 2. The molecule has 2 saturated heterocycles. The third kappa shape index (κ3) is 10.7. The summed E-state index contributed by atoms with van der Waals surface area (Å²) in [6.45, 7) is 18.7. The predicted molar refractivity (Wildman–Crippen MR) is 266 cm³/mol. The summed E-state index contributed by atoms with van der Waals surface area (Å²) in [6.07, 6.45) is 1.67. The fourth-order valence-electron chi connectivity index (χ4n) is 9.94. The van der Waals surface area contributed by atoms with Crippen molar-refractivity contribution in [2.45, 2.75) is 105 Å². The van der Waals surface area contributed by atoms with Crippen LogP contribution < -0.4 is 15.4 Å². The second-order valence-electron chi connectivity index (χ2n) is 19.6. The van der Waals surface area contributed by atoms with E-state index in [1.165, 1.54) is 4.90 Å². The van der Waals surface area contributed by atoms with Gasteiger partial charge in [0.1, 0.15) is 23.1 Å². The Morgan fingerprint density at radius 3 is 2.29 bits per heavy atom. The maximum absolute atomic E-state index is 14.6. The van der Waals surface area contributed by atoms with Gasteiger partial charge in [-0.05, 0) is 120 Å². The molecule has 5 aromatic rings. The van der Waals surface area contributed by atoms with Gasteiger partial charge in [-0.1, -0.05) is 41.4 Å². The number of nitrogens with zero attached hydrogens (tertiary/aromatic N) is 6. The van der Waals surface area contributed by atoms with E-state index in [0.29, 0.717) is 74.9 Å². The Hall–Kier alpha value is -5.74. The standard InChI is InChI=1S/C52H62Cl2N8O7/c1-30-24-36(25-31(2)46(30)54)68-23-9-10-38-39-13-14-40(53)45(44-32(3)57-58(8)33(44)4)47(39)61(48(38)51(67)69-52(5,6)7)22-21-59-17-19-60(20-18-59)29-43(64)55-27-34-11-12-37-35(26-34)28-62(50(37)66)41-15-16-42(63)56-49(41)65/h11-14,24-26,41H,9-10,15-23,27-29H2,1-8H3,(H,55,64)(H,56,63,65). The van der Waals surface area contributed by atoms with Crippen LogP contribution in [0, 0.1) is 27.7 Å². The van der Waals surface area contributed by atoms with Crippen molar-refractivity contribution < 1.29 is 33.4 Å². The highest BCUT2D eigenvalue weighted by atomic mass is 35.5. The molecule has 15 nitrogen and oxygen atoms in total. The van der Waals surface area contributed by atoms with Crippen molar-refractivity contribution in [3.05, 3.63) is 103 Å². The molecule has 5 heterocycles. The summed E-state index contributed by atoms with van der Waals surface area (Å²) in [5.74, 6) is -0.762. The number of carbonyl (C=O) groups excluding carboxylic acids is 5. The highest BCUT2D eigenvalue weighted by molar-refractivity contribution is 6.35. The number of aromatic nitrogens is 3. The number of nitrogens with one attached hydrogen (secondary N) is 2. The van der Waals surface area contributed by atoms with E-state index in [2.05, 4.69) is 25.0 Å². The molecule has 4 amide bonds. The zero-order chi connectivity index (χ0) is 49.5. The smallest absolute Gasteiger partial charge is 0.355 e. The van der Waals surface area contributed by atoms with Crippen LogP contribution in [0.5, 0.6) is 5.75 Å². The van der Waals surface area contributed by atoms with Crippen LogP contribution in [0.4, 0.5) is 0 Å². The number of piperazine rings is 1. The molecule has 8 rings (SSSR count). The van der Waals surface area contributed by atoms with Crippen molar-refractivity contribution in [3.8, 4) is 16.9 Å². The second-order valence-corrected chi connectivity index (χ2v) is 20.4. The van der Waals surface area contributed by atoms with Crippen molar-refractivity contribution in [1.29, 1.82) is 0 Å². The van der Waals surface area contributed by atoms with Crippen LogP contribution in [0.3, 0.4) is 0 Å². The van der Waals surface area contributed by atoms with E-state index in [9.17, 15) is 24.0 Å². The number of halogens is 2. The lowest BCUT2D eigenvalue weighted by Crippen LogP contribution is -2.52. The topological polar surface area (TPSA) is 160 Å². The molecule has 0 aliphatic carbocycles. The van der Waals surface area contributed by atoms with Crippen LogP contribution in [0.25, 0.3) is 22.0 Å².